The SMILES string of the molecule is Cn1cccc1C(=O)NC(=O)COC(=O)c1ccc(Br)c(S(=O)(=O)N2CCOCC2)c1. The summed E-state index contributed by atoms with van der Waals surface area (Å²) < 4.78 is 39.0. The van der Waals surface area contributed by atoms with Crippen LogP contribution in [0.5, 0.6) is 0 Å². The zero-order valence-electron chi connectivity index (χ0n) is 16.5. The van der Waals surface area contributed by atoms with Gasteiger partial charge in [0.05, 0.1) is 23.7 Å². The molecule has 2 aromatic rings. The lowest BCUT2D eigenvalue weighted by Crippen LogP contribution is -2.40. The van der Waals surface area contributed by atoms with Crippen LogP contribution in [-0.2, 0) is 31.3 Å². The Labute approximate surface area is 187 Å². The molecule has 1 saturated heterocycles. The minimum Gasteiger partial charge on any atom is -0.452 e. The summed E-state index contributed by atoms with van der Waals surface area (Å²) in [6, 6.07) is 7.16. The summed E-state index contributed by atoms with van der Waals surface area (Å²) in [5.41, 5.74) is 0.224. The van der Waals surface area contributed by atoms with Gasteiger partial charge in [0.25, 0.3) is 11.8 Å². The van der Waals surface area contributed by atoms with Gasteiger partial charge in [-0.2, -0.15) is 4.31 Å². The van der Waals surface area contributed by atoms with E-state index in [9.17, 15) is 22.8 Å². The molecule has 0 atom stereocenters. The Morgan fingerprint density at radius 2 is 1.90 bits per heavy atom. The molecule has 12 heteroatoms. The maximum absolute atomic E-state index is 12.9. The van der Waals surface area contributed by atoms with Crippen LogP contribution in [0.3, 0.4) is 0 Å². The van der Waals surface area contributed by atoms with Gasteiger partial charge in [-0.15, -0.1) is 0 Å². The van der Waals surface area contributed by atoms with E-state index in [1.165, 1.54) is 33.1 Å². The third-order valence-corrected chi connectivity index (χ3v) is 7.41. The molecule has 1 aliphatic rings. The molecule has 166 valence electrons. The molecule has 31 heavy (non-hydrogen) atoms. The first kappa shape index (κ1) is 23.1. The number of benzene rings is 1. The largest absolute Gasteiger partial charge is 0.452 e. The third-order valence-electron chi connectivity index (χ3n) is 4.52. The molecule has 1 aromatic carbocycles. The molecule has 0 spiro atoms. The monoisotopic (exact) mass is 513 g/mol. The molecular formula is C19H20BrN3O7S. The van der Waals surface area contributed by atoms with Crippen LogP contribution in [-0.4, -0.2) is 68.0 Å². The molecule has 2 heterocycles. The second kappa shape index (κ2) is 9.73. The second-order valence-corrected chi connectivity index (χ2v) is 9.38. The van der Waals surface area contributed by atoms with E-state index in [4.69, 9.17) is 9.47 Å². The maximum Gasteiger partial charge on any atom is 0.338 e. The number of amides is 2. The molecule has 0 aliphatic carbocycles. The van der Waals surface area contributed by atoms with Crippen LogP contribution >= 0.6 is 15.9 Å². The fraction of sp³-hybridized carbons (Fsp3) is 0.316. The molecule has 2 amide bonds. The molecule has 0 bridgehead atoms. The quantitative estimate of drug-likeness (QED) is 0.569. The second-order valence-electron chi connectivity index (χ2n) is 6.62. The van der Waals surface area contributed by atoms with Gasteiger partial charge in [0, 0.05) is 30.8 Å². The van der Waals surface area contributed by atoms with Gasteiger partial charge in [0.15, 0.2) is 6.61 Å². The lowest BCUT2D eigenvalue weighted by Gasteiger charge is -2.26. The first-order valence-electron chi connectivity index (χ1n) is 9.20. The third kappa shape index (κ3) is 5.39. The number of rotatable bonds is 6. The zero-order valence-corrected chi connectivity index (χ0v) is 18.9. The molecule has 1 fully saturated rings. The van der Waals surface area contributed by atoms with Gasteiger partial charge in [-0.1, -0.05) is 0 Å². The van der Waals surface area contributed by atoms with Crippen molar-refractivity contribution in [3.05, 3.63) is 52.3 Å². The van der Waals surface area contributed by atoms with Gasteiger partial charge in [-0.3, -0.25) is 14.9 Å². The minimum absolute atomic E-state index is 0.0448. The number of hydrogen-bond acceptors (Lipinski definition) is 7. The first-order valence-corrected chi connectivity index (χ1v) is 11.4. The standard InChI is InChI=1S/C19H20BrN3O7S/c1-22-6-2-3-15(22)18(25)21-17(24)12-30-19(26)13-4-5-14(20)16(11-13)31(27,28)23-7-9-29-10-8-23/h2-6,11H,7-10,12H2,1H3,(H,21,24,25). The number of aryl methyl sites for hydroxylation is 1. The Bertz CT molecular complexity index is 1110. The lowest BCUT2D eigenvalue weighted by atomic mass is 10.2. The highest BCUT2D eigenvalue weighted by molar-refractivity contribution is 9.10. The number of sulfonamides is 1. The van der Waals surface area contributed by atoms with Gasteiger partial charge in [0.1, 0.15) is 5.69 Å². The van der Waals surface area contributed by atoms with Crippen LogP contribution in [0.25, 0.3) is 0 Å². The summed E-state index contributed by atoms with van der Waals surface area (Å²) in [7, 11) is -2.20. The number of nitrogens with zero attached hydrogens (tertiary/aromatic N) is 2. The van der Waals surface area contributed by atoms with Crippen LogP contribution in [0.1, 0.15) is 20.8 Å². The summed E-state index contributed by atoms with van der Waals surface area (Å²) in [5, 5.41) is 2.12. The van der Waals surface area contributed by atoms with Gasteiger partial charge in [-0.25, -0.2) is 13.2 Å². The van der Waals surface area contributed by atoms with Crippen molar-refractivity contribution in [1.82, 2.24) is 14.2 Å². The molecule has 1 N–H and O–H groups in total. The van der Waals surface area contributed by atoms with E-state index in [0.717, 1.165) is 0 Å². The van der Waals surface area contributed by atoms with E-state index >= 15 is 0 Å². The van der Waals surface area contributed by atoms with E-state index in [1.807, 2.05) is 0 Å². The molecule has 3 rings (SSSR count). The first-order chi connectivity index (χ1) is 14.7. The highest BCUT2D eigenvalue weighted by Gasteiger charge is 2.29. The van der Waals surface area contributed by atoms with E-state index in [0.29, 0.717) is 4.47 Å². The fourth-order valence-electron chi connectivity index (χ4n) is 2.89. The predicted molar refractivity (Wildman–Crippen MR) is 112 cm³/mol. The molecule has 1 aliphatic heterocycles. The van der Waals surface area contributed by atoms with Gasteiger partial charge < -0.3 is 14.0 Å². The number of imide groups is 1. The average molecular weight is 514 g/mol. The Morgan fingerprint density at radius 1 is 1.19 bits per heavy atom. The number of halogens is 1. The zero-order chi connectivity index (χ0) is 22.6. The number of aromatic nitrogens is 1. The Kier molecular flexibility index (Phi) is 7.26. The maximum atomic E-state index is 12.9. The van der Waals surface area contributed by atoms with E-state index in [-0.39, 0.29) is 42.5 Å². The minimum atomic E-state index is -3.85. The van der Waals surface area contributed by atoms with Crippen LogP contribution < -0.4 is 5.32 Å². The van der Waals surface area contributed by atoms with Gasteiger partial charge >= 0.3 is 5.97 Å². The van der Waals surface area contributed by atoms with Crippen molar-refractivity contribution in [3.8, 4) is 0 Å². The highest BCUT2D eigenvalue weighted by Crippen LogP contribution is 2.27. The number of nitrogens with one attached hydrogen (secondary N) is 1. The summed E-state index contributed by atoms with van der Waals surface area (Å²) in [4.78, 5) is 36.2. The summed E-state index contributed by atoms with van der Waals surface area (Å²) in [6.45, 7) is 0.290. The van der Waals surface area contributed by atoms with Crippen molar-refractivity contribution in [2.45, 2.75) is 4.90 Å². The van der Waals surface area contributed by atoms with Crippen LogP contribution in [0.15, 0.2) is 45.9 Å². The van der Waals surface area contributed by atoms with Gasteiger partial charge in [0.2, 0.25) is 10.0 Å². The average Bonchev–Trinajstić information content (AvgIpc) is 3.19. The van der Waals surface area contributed by atoms with E-state index in [1.54, 1.807) is 19.3 Å². The van der Waals surface area contributed by atoms with Crippen molar-refractivity contribution in [3.63, 3.8) is 0 Å². The predicted octanol–water partition coefficient (Wildman–Crippen LogP) is 0.922. The Balaban J connectivity index is 1.65. The molecule has 1 aromatic heterocycles. The molecular weight excluding hydrogens is 494 g/mol. The van der Waals surface area contributed by atoms with Crippen LogP contribution in [0, 0.1) is 0 Å². The van der Waals surface area contributed by atoms with Crippen molar-refractivity contribution < 1.29 is 32.3 Å². The summed E-state index contributed by atoms with van der Waals surface area (Å²) in [6.07, 6.45) is 1.65. The Hall–Kier alpha value is -2.54. The molecule has 0 saturated carbocycles. The lowest BCUT2D eigenvalue weighted by molar-refractivity contribution is -0.123. The number of hydrogen-bond donors (Lipinski definition) is 1. The van der Waals surface area contributed by atoms with Crippen molar-refractivity contribution in [2.24, 2.45) is 7.05 Å². The van der Waals surface area contributed by atoms with Crippen molar-refractivity contribution >= 4 is 43.7 Å². The number of esters is 1. The van der Waals surface area contributed by atoms with E-state index < -0.39 is 34.4 Å². The molecule has 0 radical (unpaired) electrons. The van der Waals surface area contributed by atoms with Crippen LogP contribution in [0.2, 0.25) is 0 Å². The number of carbonyl (C=O) groups is 3. The van der Waals surface area contributed by atoms with Crippen molar-refractivity contribution in [1.29, 1.82) is 0 Å². The van der Waals surface area contributed by atoms with Gasteiger partial charge in [-0.05, 0) is 46.3 Å². The van der Waals surface area contributed by atoms with Crippen LogP contribution in [0.4, 0.5) is 0 Å². The van der Waals surface area contributed by atoms with Crippen molar-refractivity contribution in [2.75, 3.05) is 32.9 Å². The number of ether oxygens (including phenoxy) is 2. The number of carbonyl (C=O) groups excluding carboxylic acids is 3. The normalized spacial score (nSPS) is 14.8. The molecule has 10 nitrogen and oxygen atoms in total. The smallest absolute Gasteiger partial charge is 0.338 e. The Morgan fingerprint density at radius 3 is 2.55 bits per heavy atom. The fourth-order valence-corrected chi connectivity index (χ4v) is 5.25. The van der Waals surface area contributed by atoms with E-state index in [2.05, 4.69) is 21.2 Å². The summed E-state index contributed by atoms with van der Waals surface area (Å²) >= 11 is 3.20. The highest BCUT2D eigenvalue weighted by atomic mass is 79.9. The topological polar surface area (TPSA) is 124 Å². The summed E-state index contributed by atoms with van der Waals surface area (Å²) in [5.74, 6) is -2.33. The number of morpholine rings is 1. The molecule has 0 unspecified atom stereocenters.